The van der Waals surface area contributed by atoms with Crippen molar-refractivity contribution < 1.29 is 9.50 Å². The number of phenols is 1. The molecule has 0 bridgehead atoms. The topological polar surface area (TPSA) is 33.1 Å². The van der Waals surface area contributed by atoms with E-state index in [-0.39, 0.29) is 11.6 Å². The molecule has 1 heterocycles. The Balaban J connectivity index is 1.97. The van der Waals surface area contributed by atoms with Crippen LogP contribution < -0.4 is 0 Å². The first kappa shape index (κ1) is 13.8. The number of hydrogen-bond donors (Lipinski definition) is 1. The Hall–Kier alpha value is -2.20. The molecule has 1 N–H and O–H groups in total. The Labute approximate surface area is 129 Å². The maximum Gasteiger partial charge on any atom is 0.141 e. The van der Waals surface area contributed by atoms with Crippen molar-refractivity contribution in [2.45, 2.75) is 0 Å². The lowest BCUT2D eigenvalue weighted by molar-refractivity contribution is 0.480. The highest BCUT2D eigenvalue weighted by Gasteiger charge is 2.02. The number of halogens is 2. The van der Waals surface area contributed by atoms with Gasteiger partial charge in [0.25, 0.3) is 0 Å². The zero-order chi connectivity index (χ0) is 14.8. The van der Waals surface area contributed by atoms with E-state index >= 15 is 0 Å². The van der Waals surface area contributed by atoms with Crippen LogP contribution in [0.1, 0.15) is 11.3 Å². The second-order valence-electron chi connectivity index (χ2n) is 4.58. The number of pyridine rings is 1. The van der Waals surface area contributed by atoms with Gasteiger partial charge in [-0.3, -0.25) is 0 Å². The summed E-state index contributed by atoms with van der Waals surface area (Å²) in [4.78, 5) is 4.37. The quantitative estimate of drug-likeness (QED) is 0.709. The first-order valence-corrected chi connectivity index (χ1v) is 7.15. The molecule has 104 valence electrons. The molecule has 1 aromatic heterocycles. The fourth-order valence-electron chi connectivity index (χ4n) is 2.05. The zero-order valence-electron chi connectivity index (χ0n) is 10.9. The van der Waals surface area contributed by atoms with Gasteiger partial charge in [0.2, 0.25) is 0 Å². The number of aromatic hydroxyl groups is 1. The summed E-state index contributed by atoms with van der Waals surface area (Å²) in [5.41, 5.74) is 1.68. The smallest absolute Gasteiger partial charge is 0.141 e. The van der Waals surface area contributed by atoms with Crippen molar-refractivity contribution in [3.05, 3.63) is 70.1 Å². The van der Waals surface area contributed by atoms with E-state index in [1.165, 1.54) is 6.07 Å². The number of phenolic OH excluding ortho intramolecular Hbond substituents is 1. The van der Waals surface area contributed by atoms with Crippen LogP contribution in [0, 0.1) is 5.82 Å². The van der Waals surface area contributed by atoms with Gasteiger partial charge in [-0.05, 0) is 36.4 Å². The van der Waals surface area contributed by atoms with Crippen molar-refractivity contribution >= 4 is 39.0 Å². The van der Waals surface area contributed by atoms with Crippen LogP contribution in [-0.4, -0.2) is 10.1 Å². The highest BCUT2D eigenvalue weighted by Crippen LogP contribution is 2.23. The molecule has 0 spiro atoms. The van der Waals surface area contributed by atoms with Crippen molar-refractivity contribution in [2.24, 2.45) is 0 Å². The average molecular weight is 344 g/mol. The Kier molecular flexibility index (Phi) is 3.71. The molecule has 0 aliphatic rings. The Bertz CT molecular complexity index is 845. The van der Waals surface area contributed by atoms with E-state index in [0.29, 0.717) is 21.2 Å². The van der Waals surface area contributed by atoms with E-state index in [2.05, 4.69) is 20.9 Å². The molecule has 4 heteroatoms. The maximum atomic E-state index is 13.7. The molecule has 3 rings (SSSR count). The van der Waals surface area contributed by atoms with Gasteiger partial charge in [-0.2, -0.15) is 0 Å². The fourth-order valence-corrected chi connectivity index (χ4v) is 2.38. The molecule has 0 amide bonds. The van der Waals surface area contributed by atoms with Gasteiger partial charge in [0.15, 0.2) is 0 Å². The minimum Gasteiger partial charge on any atom is -0.506 e. The summed E-state index contributed by atoms with van der Waals surface area (Å²) in [6.07, 6.45) is 3.38. The molecule has 0 aliphatic carbocycles. The number of hydrogen-bond acceptors (Lipinski definition) is 2. The van der Waals surface area contributed by atoms with Gasteiger partial charge in [0.05, 0.1) is 5.69 Å². The molecule has 0 saturated carbocycles. The van der Waals surface area contributed by atoms with Crippen molar-refractivity contribution in [3.63, 3.8) is 0 Å². The van der Waals surface area contributed by atoms with E-state index in [4.69, 9.17) is 0 Å². The summed E-state index contributed by atoms with van der Waals surface area (Å²) in [6, 6.07) is 13.8. The SMILES string of the molecule is Oc1cccc2ccc(/C=C/c3ccc(Br)cc3F)nc12. The molecule has 0 atom stereocenters. The van der Waals surface area contributed by atoms with E-state index in [1.807, 2.05) is 18.2 Å². The average Bonchev–Trinajstić information content (AvgIpc) is 2.47. The van der Waals surface area contributed by atoms with Crippen LogP contribution in [0.25, 0.3) is 23.1 Å². The molecule has 0 saturated heterocycles. The number of benzene rings is 2. The van der Waals surface area contributed by atoms with Crippen LogP contribution in [0.4, 0.5) is 4.39 Å². The lowest BCUT2D eigenvalue weighted by Crippen LogP contribution is -1.85. The van der Waals surface area contributed by atoms with Gasteiger partial charge in [0.1, 0.15) is 17.1 Å². The summed E-state index contributed by atoms with van der Waals surface area (Å²) in [7, 11) is 0. The molecule has 21 heavy (non-hydrogen) atoms. The molecule has 0 fully saturated rings. The predicted molar refractivity (Wildman–Crippen MR) is 86.4 cm³/mol. The highest BCUT2D eigenvalue weighted by molar-refractivity contribution is 9.10. The highest BCUT2D eigenvalue weighted by atomic mass is 79.9. The molecule has 0 unspecified atom stereocenters. The predicted octanol–water partition coefficient (Wildman–Crippen LogP) is 5.01. The normalized spacial score (nSPS) is 11.3. The van der Waals surface area contributed by atoms with Crippen molar-refractivity contribution in [2.75, 3.05) is 0 Å². The van der Waals surface area contributed by atoms with Gasteiger partial charge < -0.3 is 5.11 Å². The van der Waals surface area contributed by atoms with Gasteiger partial charge in [-0.15, -0.1) is 0 Å². The van der Waals surface area contributed by atoms with Gasteiger partial charge >= 0.3 is 0 Å². The van der Waals surface area contributed by atoms with E-state index in [9.17, 15) is 9.50 Å². The monoisotopic (exact) mass is 343 g/mol. The third-order valence-electron chi connectivity index (χ3n) is 3.12. The summed E-state index contributed by atoms with van der Waals surface area (Å²) in [6.45, 7) is 0. The molecular weight excluding hydrogens is 333 g/mol. The van der Waals surface area contributed by atoms with Crippen LogP contribution >= 0.6 is 15.9 Å². The standard InChI is InChI=1S/C17H11BrFNO/c18-13-7-4-11(15(19)10-13)5-8-14-9-6-12-2-1-3-16(21)17(12)20-14/h1-10,21H/b8-5+. The number of nitrogens with zero attached hydrogens (tertiary/aromatic N) is 1. The maximum absolute atomic E-state index is 13.7. The first-order chi connectivity index (χ1) is 10.1. The minimum atomic E-state index is -0.302. The summed E-state index contributed by atoms with van der Waals surface area (Å²) >= 11 is 3.22. The molecule has 3 aromatic rings. The Morgan fingerprint density at radius 1 is 1.05 bits per heavy atom. The molecule has 2 aromatic carbocycles. The number of rotatable bonds is 2. The summed E-state index contributed by atoms with van der Waals surface area (Å²) < 4.78 is 14.4. The van der Waals surface area contributed by atoms with E-state index in [1.54, 1.807) is 36.4 Å². The second kappa shape index (κ2) is 5.66. The van der Waals surface area contributed by atoms with Crippen LogP contribution in [0.3, 0.4) is 0 Å². The van der Waals surface area contributed by atoms with E-state index < -0.39 is 0 Å². The number of aromatic nitrogens is 1. The van der Waals surface area contributed by atoms with Gasteiger partial charge in [0, 0.05) is 15.4 Å². The van der Waals surface area contributed by atoms with Crippen LogP contribution in [0.2, 0.25) is 0 Å². The fraction of sp³-hybridized carbons (Fsp3) is 0. The molecular formula is C17H11BrFNO. The first-order valence-electron chi connectivity index (χ1n) is 6.35. The summed E-state index contributed by atoms with van der Waals surface area (Å²) in [5.74, 6) is -0.165. The van der Waals surface area contributed by atoms with Crippen molar-refractivity contribution in [3.8, 4) is 5.75 Å². The molecule has 0 radical (unpaired) electrons. The minimum absolute atomic E-state index is 0.137. The Morgan fingerprint density at radius 2 is 1.90 bits per heavy atom. The van der Waals surface area contributed by atoms with Crippen LogP contribution in [-0.2, 0) is 0 Å². The van der Waals surface area contributed by atoms with Crippen molar-refractivity contribution in [1.82, 2.24) is 4.98 Å². The van der Waals surface area contributed by atoms with Crippen LogP contribution in [0.5, 0.6) is 5.75 Å². The number of para-hydroxylation sites is 1. The Morgan fingerprint density at radius 3 is 2.71 bits per heavy atom. The third kappa shape index (κ3) is 2.95. The molecule has 0 aliphatic heterocycles. The van der Waals surface area contributed by atoms with Crippen molar-refractivity contribution in [1.29, 1.82) is 0 Å². The second-order valence-corrected chi connectivity index (χ2v) is 5.50. The number of fused-ring (bicyclic) bond motifs is 1. The zero-order valence-corrected chi connectivity index (χ0v) is 12.5. The van der Waals surface area contributed by atoms with Crippen LogP contribution in [0.15, 0.2) is 53.0 Å². The lowest BCUT2D eigenvalue weighted by Gasteiger charge is -2.01. The molecule has 2 nitrogen and oxygen atoms in total. The van der Waals surface area contributed by atoms with Gasteiger partial charge in [-0.25, -0.2) is 9.37 Å². The van der Waals surface area contributed by atoms with E-state index in [0.717, 1.165) is 5.39 Å². The van der Waals surface area contributed by atoms with Gasteiger partial charge in [-0.1, -0.05) is 40.2 Å². The third-order valence-corrected chi connectivity index (χ3v) is 3.61. The summed E-state index contributed by atoms with van der Waals surface area (Å²) in [5, 5.41) is 10.7. The largest absolute Gasteiger partial charge is 0.506 e. The lowest BCUT2D eigenvalue weighted by atomic mass is 10.1.